The molecule has 2 aromatic carbocycles. The fraction of sp³-hybridized carbons (Fsp3) is 0.188. The number of hydrogen-bond acceptors (Lipinski definition) is 2. The number of amides is 1. The van der Waals surface area contributed by atoms with Crippen molar-refractivity contribution in [3.8, 4) is 0 Å². The second-order valence-corrected chi connectivity index (χ2v) is 5.83. The zero-order valence-corrected chi connectivity index (χ0v) is 13.7. The molecule has 0 heterocycles. The van der Waals surface area contributed by atoms with Crippen LogP contribution in [0.3, 0.4) is 0 Å². The maximum Gasteiger partial charge on any atom is 0.256 e. The van der Waals surface area contributed by atoms with Crippen molar-refractivity contribution in [2.24, 2.45) is 0 Å². The van der Waals surface area contributed by atoms with Crippen LogP contribution < -0.4 is 10.2 Å². The van der Waals surface area contributed by atoms with Gasteiger partial charge in [-0.3, -0.25) is 4.79 Å². The van der Waals surface area contributed by atoms with Gasteiger partial charge >= 0.3 is 0 Å². The number of aryl methyl sites for hydroxylation is 1. The molecular formula is C16H16BrFN2O. The van der Waals surface area contributed by atoms with Gasteiger partial charge in [-0.15, -0.1) is 0 Å². The number of hydrogen-bond donors (Lipinski definition) is 1. The molecule has 110 valence electrons. The molecular weight excluding hydrogens is 335 g/mol. The molecule has 0 radical (unpaired) electrons. The third-order valence-corrected chi connectivity index (χ3v) is 3.81. The first-order chi connectivity index (χ1) is 9.88. The molecule has 0 atom stereocenters. The second-order valence-electron chi connectivity index (χ2n) is 4.97. The van der Waals surface area contributed by atoms with Gasteiger partial charge in [0, 0.05) is 29.9 Å². The minimum atomic E-state index is -0.384. The van der Waals surface area contributed by atoms with E-state index in [1.54, 1.807) is 0 Å². The van der Waals surface area contributed by atoms with E-state index in [4.69, 9.17) is 0 Å². The van der Waals surface area contributed by atoms with Gasteiger partial charge in [-0.05, 0) is 64.8 Å². The number of nitrogens with zero attached hydrogens (tertiary/aromatic N) is 1. The summed E-state index contributed by atoms with van der Waals surface area (Å²) in [5.41, 5.74) is 3.16. The van der Waals surface area contributed by atoms with E-state index in [1.807, 2.05) is 44.1 Å². The highest BCUT2D eigenvalue weighted by atomic mass is 79.9. The molecule has 0 aliphatic carbocycles. The normalized spacial score (nSPS) is 10.3. The number of rotatable bonds is 3. The average Bonchev–Trinajstić information content (AvgIpc) is 2.40. The number of anilines is 2. The minimum absolute atomic E-state index is 0.275. The van der Waals surface area contributed by atoms with Crippen LogP contribution in [-0.4, -0.2) is 20.0 Å². The van der Waals surface area contributed by atoms with E-state index in [-0.39, 0.29) is 11.7 Å². The summed E-state index contributed by atoms with van der Waals surface area (Å²) in [7, 11) is 3.92. The summed E-state index contributed by atoms with van der Waals surface area (Å²) in [4.78, 5) is 14.2. The van der Waals surface area contributed by atoms with E-state index >= 15 is 0 Å². The second kappa shape index (κ2) is 6.26. The topological polar surface area (TPSA) is 32.3 Å². The summed E-state index contributed by atoms with van der Waals surface area (Å²) in [6, 6.07) is 9.79. The third kappa shape index (κ3) is 3.61. The fourth-order valence-corrected chi connectivity index (χ4v) is 2.46. The summed E-state index contributed by atoms with van der Waals surface area (Å²) >= 11 is 3.20. The number of carbonyl (C=O) groups is 1. The molecule has 0 saturated carbocycles. The summed E-state index contributed by atoms with van der Waals surface area (Å²) in [6.07, 6.45) is 0. The van der Waals surface area contributed by atoms with Crippen LogP contribution >= 0.6 is 15.9 Å². The molecule has 0 spiro atoms. The van der Waals surface area contributed by atoms with Crippen molar-refractivity contribution >= 4 is 33.2 Å². The van der Waals surface area contributed by atoms with E-state index in [2.05, 4.69) is 21.2 Å². The van der Waals surface area contributed by atoms with Gasteiger partial charge in [-0.2, -0.15) is 0 Å². The quantitative estimate of drug-likeness (QED) is 0.898. The van der Waals surface area contributed by atoms with Crippen LogP contribution in [-0.2, 0) is 0 Å². The van der Waals surface area contributed by atoms with Crippen molar-refractivity contribution in [2.45, 2.75) is 6.92 Å². The van der Waals surface area contributed by atoms with Crippen LogP contribution in [0.5, 0.6) is 0 Å². The van der Waals surface area contributed by atoms with Crippen LogP contribution in [0.25, 0.3) is 0 Å². The molecule has 0 fully saturated rings. The lowest BCUT2D eigenvalue weighted by Gasteiger charge is -2.15. The monoisotopic (exact) mass is 350 g/mol. The predicted molar refractivity (Wildman–Crippen MR) is 87.6 cm³/mol. The van der Waals surface area contributed by atoms with Crippen LogP contribution in [0.2, 0.25) is 0 Å². The van der Waals surface area contributed by atoms with Crippen LogP contribution in [0.1, 0.15) is 15.9 Å². The predicted octanol–water partition coefficient (Wildman–Crippen LogP) is 4.21. The minimum Gasteiger partial charge on any atom is -0.378 e. The zero-order chi connectivity index (χ0) is 15.6. The first-order valence-electron chi connectivity index (χ1n) is 6.43. The molecule has 0 unspecified atom stereocenters. The molecule has 1 N–H and O–H groups in total. The van der Waals surface area contributed by atoms with Gasteiger partial charge in [0.2, 0.25) is 0 Å². The Morgan fingerprint density at radius 2 is 1.90 bits per heavy atom. The first kappa shape index (κ1) is 15.5. The van der Waals surface area contributed by atoms with E-state index in [1.165, 1.54) is 18.2 Å². The Kier molecular flexibility index (Phi) is 4.63. The molecule has 3 nitrogen and oxygen atoms in total. The third-order valence-electron chi connectivity index (χ3n) is 3.15. The highest BCUT2D eigenvalue weighted by Gasteiger charge is 2.12. The fourth-order valence-electron chi connectivity index (χ4n) is 1.93. The molecule has 5 heteroatoms. The van der Waals surface area contributed by atoms with Gasteiger partial charge in [0.15, 0.2) is 0 Å². The Labute approximate surface area is 131 Å². The van der Waals surface area contributed by atoms with E-state index in [0.29, 0.717) is 10.0 Å². The summed E-state index contributed by atoms with van der Waals surface area (Å²) in [5, 5.41) is 2.84. The summed E-state index contributed by atoms with van der Waals surface area (Å²) in [6.45, 7) is 1.93. The van der Waals surface area contributed by atoms with Crippen molar-refractivity contribution in [3.05, 3.63) is 57.8 Å². The van der Waals surface area contributed by atoms with E-state index < -0.39 is 0 Å². The molecule has 0 aliphatic heterocycles. The summed E-state index contributed by atoms with van der Waals surface area (Å²) in [5.74, 6) is -0.660. The Morgan fingerprint density at radius 3 is 2.48 bits per heavy atom. The zero-order valence-electron chi connectivity index (χ0n) is 12.1. The molecule has 1 amide bonds. The largest absolute Gasteiger partial charge is 0.378 e. The number of carbonyl (C=O) groups excluding carboxylic acids is 1. The molecule has 0 aromatic heterocycles. The van der Waals surface area contributed by atoms with Crippen molar-refractivity contribution in [3.63, 3.8) is 0 Å². The van der Waals surface area contributed by atoms with Crippen molar-refractivity contribution in [1.82, 2.24) is 0 Å². The number of nitrogens with one attached hydrogen (secondary N) is 1. The Hall–Kier alpha value is -1.88. The van der Waals surface area contributed by atoms with Gasteiger partial charge in [-0.1, -0.05) is 0 Å². The lowest BCUT2D eigenvalue weighted by molar-refractivity contribution is 0.102. The maximum atomic E-state index is 13.1. The molecule has 2 rings (SSSR count). The van der Waals surface area contributed by atoms with Crippen molar-refractivity contribution < 1.29 is 9.18 Å². The number of benzene rings is 2. The van der Waals surface area contributed by atoms with Crippen LogP contribution in [0.15, 0.2) is 40.9 Å². The molecule has 0 bridgehead atoms. The van der Waals surface area contributed by atoms with Gasteiger partial charge in [-0.25, -0.2) is 4.39 Å². The lowest BCUT2D eigenvalue weighted by Crippen LogP contribution is -2.14. The summed E-state index contributed by atoms with van der Waals surface area (Å²) < 4.78 is 13.5. The van der Waals surface area contributed by atoms with E-state index in [9.17, 15) is 9.18 Å². The lowest BCUT2D eigenvalue weighted by atomic mass is 10.1. The van der Waals surface area contributed by atoms with Gasteiger partial charge in [0.1, 0.15) is 5.82 Å². The van der Waals surface area contributed by atoms with Crippen LogP contribution in [0, 0.1) is 12.7 Å². The van der Waals surface area contributed by atoms with Crippen molar-refractivity contribution in [2.75, 3.05) is 24.3 Å². The van der Waals surface area contributed by atoms with Crippen LogP contribution in [0.4, 0.5) is 15.8 Å². The number of halogens is 2. The molecule has 0 saturated heterocycles. The van der Waals surface area contributed by atoms with Gasteiger partial charge in [0.05, 0.1) is 5.56 Å². The average molecular weight is 351 g/mol. The first-order valence-corrected chi connectivity index (χ1v) is 7.22. The van der Waals surface area contributed by atoms with E-state index in [0.717, 1.165) is 16.9 Å². The molecule has 21 heavy (non-hydrogen) atoms. The maximum absolute atomic E-state index is 13.1. The highest BCUT2D eigenvalue weighted by molar-refractivity contribution is 9.10. The highest BCUT2D eigenvalue weighted by Crippen LogP contribution is 2.24. The smallest absolute Gasteiger partial charge is 0.256 e. The SMILES string of the molecule is Cc1cc(N(C)C)ccc1NC(=O)c1ccc(F)cc1Br. The van der Waals surface area contributed by atoms with Crippen molar-refractivity contribution in [1.29, 1.82) is 0 Å². The Balaban J connectivity index is 2.23. The molecule has 0 aliphatic rings. The van der Waals surface area contributed by atoms with Gasteiger partial charge in [0.25, 0.3) is 5.91 Å². The Bertz CT molecular complexity index is 686. The standard InChI is InChI=1S/C16H16BrFN2O/c1-10-8-12(20(2)3)5-7-15(10)19-16(21)13-6-4-11(18)9-14(13)17/h4-9H,1-3H3,(H,19,21). The molecule has 2 aromatic rings. The Morgan fingerprint density at radius 1 is 1.19 bits per heavy atom. The van der Waals surface area contributed by atoms with Gasteiger partial charge < -0.3 is 10.2 Å².